The second kappa shape index (κ2) is 6.37. The van der Waals surface area contributed by atoms with Crippen LogP contribution in [0.15, 0.2) is 77.7 Å². The van der Waals surface area contributed by atoms with Gasteiger partial charge in [0, 0.05) is 17.1 Å². The number of fused-ring (bicyclic) bond motifs is 1. The number of hydrogen-bond acceptors (Lipinski definition) is 4. The zero-order valence-electron chi connectivity index (χ0n) is 13.8. The molecular weight excluding hydrogens is 328 g/mol. The zero-order chi connectivity index (χ0) is 18.1. The van der Waals surface area contributed by atoms with E-state index >= 15 is 0 Å². The van der Waals surface area contributed by atoms with Gasteiger partial charge in [-0.05, 0) is 35.4 Å². The standard InChI is InChI=1S/C21H16N2O3/c24-17-7-1-4-14(10-17)12-23-13-16-6-3-9-19(20(16)22-21(23)26)15-5-2-8-18(25)11-15/h1-11,13,24-25H,12H2. The monoisotopic (exact) mass is 344 g/mol. The summed E-state index contributed by atoms with van der Waals surface area (Å²) < 4.78 is 1.52. The fourth-order valence-corrected chi connectivity index (χ4v) is 3.04. The molecule has 2 N–H and O–H groups in total. The minimum atomic E-state index is -0.367. The molecule has 0 amide bonds. The molecule has 3 aromatic carbocycles. The number of nitrogens with zero attached hydrogens (tertiary/aromatic N) is 2. The van der Waals surface area contributed by atoms with E-state index in [4.69, 9.17) is 0 Å². The van der Waals surface area contributed by atoms with Crippen LogP contribution in [0, 0.1) is 0 Å². The molecule has 0 aliphatic heterocycles. The van der Waals surface area contributed by atoms with E-state index in [1.165, 1.54) is 4.57 Å². The van der Waals surface area contributed by atoms with Gasteiger partial charge in [-0.25, -0.2) is 4.79 Å². The topological polar surface area (TPSA) is 75.3 Å². The van der Waals surface area contributed by atoms with Crippen molar-refractivity contribution in [3.8, 4) is 22.6 Å². The summed E-state index contributed by atoms with van der Waals surface area (Å²) in [4.78, 5) is 16.8. The van der Waals surface area contributed by atoms with Crippen LogP contribution in [0.4, 0.5) is 0 Å². The maximum atomic E-state index is 12.5. The number of phenolic OH excluding ortho intramolecular Hbond substituents is 2. The molecule has 0 bridgehead atoms. The second-order valence-electron chi connectivity index (χ2n) is 6.12. The molecule has 0 fully saturated rings. The van der Waals surface area contributed by atoms with Gasteiger partial charge in [-0.2, -0.15) is 4.98 Å². The summed E-state index contributed by atoms with van der Waals surface area (Å²) in [6.07, 6.45) is 1.76. The molecule has 0 radical (unpaired) electrons. The Kier molecular flexibility index (Phi) is 3.89. The van der Waals surface area contributed by atoms with Gasteiger partial charge in [-0.3, -0.25) is 4.57 Å². The predicted molar refractivity (Wildman–Crippen MR) is 100 cm³/mol. The van der Waals surface area contributed by atoms with Crippen molar-refractivity contribution >= 4 is 10.9 Å². The summed E-state index contributed by atoms with van der Waals surface area (Å²) in [6, 6.07) is 19.3. The third-order valence-corrected chi connectivity index (χ3v) is 4.24. The fraction of sp³-hybridized carbons (Fsp3) is 0.0476. The molecule has 0 unspecified atom stereocenters. The number of para-hydroxylation sites is 1. The molecule has 4 aromatic rings. The van der Waals surface area contributed by atoms with Crippen molar-refractivity contribution in [3.63, 3.8) is 0 Å². The molecule has 0 aliphatic rings. The first-order valence-electron chi connectivity index (χ1n) is 8.18. The molecule has 4 rings (SSSR count). The Hall–Kier alpha value is -3.60. The first kappa shape index (κ1) is 15.9. The van der Waals surface area contributed by atoms with Gasteiger partial charge in [0.1, 0.15) is 11.5 Å². The van der Waals surface area contributed by atoms with E-state index < -0.39 is 0 Å². The smallest absolute Gasteiger partial charge is 0.348 e. The quantitative estimate of drug-likeness (QED) is 0.596. The highest BCUT2D eigenvalue weighted by Gasteiger charge is 2.09. The first-order valence-corrected chi connectivity index (χ1v) is 8.18. The van der Waals surface area contributed by atoms with Crippen molar-refractivity contribution in [2.75, 3.05) is 0 Å². The molecule has 1 heterocycles. The zero-order valence-corrected chi connectivity index (χ0v) is 13.8. The maximum Gasteiger partial charge on any atom is 0.348 e. The number of aromatic nitrogens is 2. The number of hydrogen-bond donors (Lipinski definition) is 2. The van der Waals surface area contributed by atoms with Crippen molar-refractivity contribution < 1.29 is 10.2 Å². The summed E-state index contributed by atoms with van der Waals surface area (Å²) in [5.41, 5.74) is 2.63. The van der Waals surface area contributed by atoms with Gasteiger partial charge >= 0.3 is 5.69 Å². The molecule has 5 heteroatoms. The summed E-state index contributed by atoms with van der Waals surface area (Å²) in [5.74, 6) is 0.326. The fourth-order valence-electron chi connectivity index (χ4n) is 3.04. The molecule has 5 nitrogen and oxygen atoms in total. The van der Waals surface area contributed by atoms with E-state index in [0.717, 1.165) is 22.1 Å². The minimum Gasteiger partial charge on any atom is -0.508 e. The Morgan fingerprint density at radius 3 is 2.38 bits per heavy atom. The van der Waals surface area contributed by atoms with Gasteiger partial charge in [0.05, 0.1) is 12.1 Å². The van der Waals surface area contributed by atoms with Crippen molar-refractivity contribution in [2.45, 2.75) is 6.54 Å². The Morgan fingerprint density at radius 1 is 0.885 bits per heavy atom. The minimum absolute atomic E-state index is 0.162. The third-order valence-electron chi connectivity index (χ3n) is 4.24. The van der Waals surface area contributed by atoms with E-state index in [1.54, 1.807) is 42.6 Å². The van der Waals surface area contributed by atoms with Gasteiger partial charge in [0.25, 0.3) is 0 Å². The number of phenols is 2. The van der Waals surface area contributed by atoms with Crippen LogP contribution in [-0.4, -0.2) is 19.8 Å². The van der Waals surface area contributed by atoms with Crippen molar-refractivity contribution in [2.24, 2.45) is 0 Å². The second-order valence-corrected chi connectivity index (χ2v) is 6.12. The van der Waals surface area contributed by atoms with E-state index in [9.17, 15) is 15.0 Å². The first-order chi connectivity index (χ1) is 12.6. The lowest BCUT2D eigenvalue weighted by molar-refractivity contribution is 0.474. The molecule has 0 atom stereocenters. The lowest BCUT2D eigenvalue weighted by atomic mass is 10.0. The van der Waals surface area contributed by atoms with Gasteiger partial charge in [0.2, 0.25) is 0 Å². The van der Waals surface area contributed by atoms with Crippen LogP contribution in [-0.2, 0) is 6.54 Å². The summed E-state index contributed by atoms with van der Waals surface area (Å²) in [7, 11) is 0. The molecule has 26 heavy (non-hydrogen) atoms. The highest BCUT2D eigenvalue weighted by molar-refractivity contribution is 5.93. The van der Waals surface area contributed by atoms with Gasteiger partial charge in [0.15, 0.2) is 0 Å². The van der Waals surface area contributed by atoms with Crippen LogP contribution in [0.2, 0.25) is 0 Å². The summed E-state index contributed by atoms with van der Waals surface area (Å²) in [6.45, 7) is 0.326. The van der Waals surface area contributed by atoms with Crippen LogP contribution >= 0.6 is 0 Å². The summed E-state index contributed by atoms with van der Waals surface area (Å²) >= 11 is 0. The average Bonchev–Trinajstić information content (AvgIpc) is 2.62. The molecule has 0 spiro atoms. The molecule has 1 aromatic heterocycles. The maximum absolute atomic E-state index is 12.5. The van der Waals surface area contributed by atoms with Crippen molar-refractivity contribution in [1.82, 2.24) is 9.55 Å². The predicted octanol–water partition coefficient (Wildman–Crippen LogP) is 3.52. The Bertz CT molecular complexity index is 1170. The Balaban J connectivity index is 1.82. The molecule has 0 saturated carbocycles. The number of benzene rings is 3. The van der Waals surface area contributed by atoms with Crippen LogP contribution in [0.3, 0.4) is 0 Å². The molecular formula is C21H16N2O3. The Labute approximate surface area is 149 Å². The van der Waals surface area contributed by atoms with Crippen LogP contribution in [0.1, 0.15) is 5.56 Å². The normalized spacial score (nSPS) is 10.9. The number of rotatable bonds is 3. The highest BCUT2D eigenvalue weighted by atomic mass is 16.3. The largest absolute Gasteiger partial charge is 0.508 e. The van der Waals surface area contributed by atoms with Crippen LogP contribution < -0.4 is 5.69 Å². The van der Waals surface area contributed by atoms with E-state index in [-0.39, 0.29) is 17.2 Å². The van der Waals surface area contributed by atoms with Crippen molar-refractivity contribution in [1.29, 1.82) is 0 Å². The van der Waals surface area contributed by atoms with E-state index in [0.29, 0.717) is 12.1 Å². The van der Waals surface area contributed by atoms with Crippen LogP contribution in [0.25, 0.3) is 22.0 Å². The number of aromatic hydroxyl groups is 2. The highest BCUT2D eigenvalue weighted by Crippen LogP contribution is 2.28. The molecule has 0 aliphatic carbocycles. The lowest BCUT2D eigenvalue weighted by Gasteiger charge is -2.10. The van der Waals surface area contributed by atoms with Gasteiger partial charge < -0.3 is 10.2 Å². The lowest BCUT2D eigenvalue weighted by Crippen LogP contribution is -2.23. The molecule has 128 valence electrons. The summed E-state index contributed by atoms with van der Waals surface area (Å²) in [5, 5.41) is 20.1. The Morgan fingerprint density at radius 2 is 1.62 bits per heavy atom. The average molecular weight is 344 g/mol. The van der Waals surface area contributed by atoms with Crippen LogP contribution in [0.5, 0.6) is 11.5 Å². The van der Waals surface area contributed by atoms with E-state index in [2.05, 4.69) is 4.98 Å². The van der Waals surface area contributed by atoms with Gasteiger partial charge in [-0.1, -0.05) is 42.5 Å². The van der Waals surface area contributed by atoms with Crippen molar-refractivity contribution in [3.05, 3.63) is 89.0 Å². The van der Waals surface area contributed by atoms with Gasteiger partial charge in [-0.15, -0.1) is 0 Å². The third kappa shape index (κ3) is 3.02. The molecule has 0 saturated heterocycles. The SMILES string of the molecule is O=c1nc2c(-c3cccc(O)c3)cccc2cn1Cc1cccc(O)c1. The van der Waals surface area contributed by atoms with E-state index in [1.807, 2.05) is 30.3 Å².